The number of ether oxygens (including phenoxy) is 2. The third-order valence-electron chi connectivity index (χ3n) is 5.78. The van der Waals surface area contributed by atoms with Crippen molar-refractivity contribution in [2.45, 2.75) is 0 Å². The standard InChI is InChI=1S/C28H20BrNO5/c1-33-24-15-18(11-12-20(24)21-14-17-8-4-6-10-23(17)35-28(21)32)30-27(31)22-13-16-7-3-5-9-19(16)25(29)26(22)34-2/h3-15H,1-2H3,(H,30,31). The molecule has 0 atom stereocenters. The molecule has 1 aromatic heterocycles. The number of fused-ring (bicyclic) bond motifs is 2. The summed E-state index contributed by atoms with van der Waals surface area (Å²) in [7, 11) is 3.04. The maximum absolute atomic E-state index is 13.2. The van der Waals surface area contributed by atoms with Gasteiger partial charge >= 0.3 is 5.63 Å². The maximum atomic E-state index is 13.2. The minimum Gasteiger partial charge on any atom is -0.496 e. The number of hydrogen-bond acceptors (Lipinski definition) is 5. The van der Waals surface area contributed by atoms with E-state index in [1.807, 2.05) is 42.5 Å². The number of benzene rings is 4. The summed E-state index contributed by atoms with van der Waals surface area (Å²) in [5.41, 5.74) is 1.88. The Labute approximate surface area is 209 Å². The van der Waals surface area contributed by atoms with Crippen LogP contribution in [0.25, 0.3) is 32.9 Å². The van der Waals surface area contributed by atoms with Crippen LogP contribution in [-0.2, 0) is 0 Å². The molecule has 0 aliphatic carbocycles. The van der Waals surface area contributed by atoms with Gasteiger partial charge in [0.2, 0.25) is 0 Å². The van der Waals surface area contributed by atoms with Crippen LogP contribution in [0.5, 0.6) is 11.5 Å². The van der Waals surface area contributed by atoms with Gasteiger partial charge in [0, 0.05) is 22.7 Å². The van der Waals surface area contributed by atoms with Gasteiger partial charge in [-0.25, -0.2) is 4.79 Å². The number of nitrogens with one attached hydrogen (secondary N) is 1. The van der Waals surface area contributed by atoms with Crippen LogP contribution in [0.1, 0.15) is 10.4 Å². The molecule has 0 saturated heterocycles. The highest BCUT2D eigenvalue weighted by molar-refractivity contribution is 9.10. The van der Waals surface area contributed by atoms with Gasteiger partial charge in [0.1, 0.15) is 17.1 Å². The molecule has 1 amide bonds. The average molecular weight is 530 g/mol. The van der Waals surface area contributed by atoms with Gasteiger partial charge in [-0.3, -0.25) is 4.79 Å². The van der Waals surface area contributed by atoms with Crippen molar-refractivity contribution in [1.29, 1.82) is 0 Å². The number of carbonyl (C=O) groups excluding carboxylic acids is 1. The van der Waals surface area contributed by atoms with Gasteiger partial charge < -0.3 is 19.2 Å². The largest absolute Gasteiger partial charge is 0.496 e. The number of carbonyl (C=O) groups is 1. The predicted molar refractivity (Wildman–Crippen MR) is 141 cm³/mol. The Morgan fingerprint density at radius 1 is 0.857 bits per heavy atom. The normalized spacial score (nSPS) is 10.9. The molecule has 0 fully saturated rings. The lowest BCUT2D eigenvalue weighted by molar-refractivity contribution is 0.102. The van der Waals surface area contributed by atoms with E-state index in [1.54, 1.807) is 36.4 Å². The number of anilines is 1. The molecule has 0 radical (unpaired) electrons. The van der Waals surface area contributed by atoms with Crippen LogP contribution in [0, 0.1) is 0 Å². The Morgan fingerprint density at radius 3 is 2.37 bits per heavy atom. The minimum absolute atomic E-state index is 0.340. The molecule has 6 nitrogen and oxygen atoms in total. The summed E-state index contributed by atoms with van der Waals surface area (Å²) in [5.74, 6) is 0.531. The SMILES string of the molecule is COc1cc(NC(=O)c2cc3ccccc3c(Br)c2OC)ccc1-c1cc2ccccc2oc1=O. The zero-order valence-electron chi connectivity index (χ0n) is 18.9. The first-order valence-electron chi connectivity index (χ1n) is 10.8. The summed E-state index contributed by atoms with van der Waals surface area (Å²) in [6, 6.07) is 23.7. The number of halogens is 1. The smallest absolute Gasteiger partial charge is 0.344 e. The summed E-state index contributed by atoms with van der Waals surface area (Å²) < 4.78 is 17.3. The van der Waals surface area contributed by atoms with Crippen molar-refractivity contribution in [3.05, 3.63) is 99.3 Å². The fraction of sp³-hybridized carbons (Fsp3) is 0.0714. The highest BCUT2D eigenvalue weighted by atomic mass is 79.9. The number of rotatable bonds is 5. The number of methoxy groups -OCH3 is 2. The number of amides is 1. The first-order valence-corrected chi connectivity index (χ1v) is 11.6. The second-order valence-electron chi connectivity index (χ2n) is 7.85. The fourth-order valence-electron chi connectivity index (χ4n) is 4.09. The topological polar surface area (TPSA) is 77.8 Å². The third-order valence-corrected chi connectivity index (χ3v) is 6.57. The fourth-order valence-corrected chi connectivity index (χ4v) is 4.83. The first kappa shape index (κ1) is 22.7. The van der Waals surface area contributed by atoms with Gasteiger partial charge in [0.25, 0.3) is 5.91 Å². The highest BCUT2D eigenvalue weighted by Crippen LogP contribution is 2.37. The molecule has 1 heterocycles. The predicted octanol–water partition coefficient (Wildman–Crippen LogP) is 6.65. The molecule has 1 N–H and O–H groups in total. The Kier molecular flexibility index (Phi) is 6.01. The number of hydrogen-bond donors (Lipinski definition) is 1. The van der Waals surface area contributed by atoms with Crippen LogP contribution < -0.4 is 20.4 Å². The summed E-state index contributed by atoms with van der Waals surface area (Å²) in [6.07, 6.45) is 0. The van der Waals surface area contributed by atoms with Crippen molar-refractivity contribution >= 4 is 49.3 Å². The molecule has 35 heavy (non-hydrogen) atoms. The summed E-state index contributed by atoms with van der Waals surface area (Å²) in [5, 5.41) is 5.55. The van der Waals surface area contributed by atoms with Crippen molar-refractivity contribution in [3.8, 4) is 22.6 Å². The number of para-hydroxylation sites is 1. The van der Waals surface area contributed by atoms with Crippen LogP contribution in [0.2, 0.25) is 0 Å². The van der Waals surface area contributed by atoms with Crippen molar-refractivity contribution in [2.24, 2.45) is 0 Å². The summed E-state index contributed by atoms with van der Waals surface area (Å²) in [6.45, 7) is 0. The van der Waals surface area contributed by atoms with Crippen molar-refractivity contribution in [3.63, 3.8) is 0 Å². The second-order valence-corrected chi connectivity index (χ2v) is 8.64. The lowest BCUT2D eigenvalue weighted by Gasteiger charge is -2.15. The van der Waals surface area contributed by atoms with Gasteiger partial charge in [-0.2, -0.15) is 0 Å². The van der Waals surface area contributed by atoms with E-state index < -0.39 is 5.63 Å². The Balaban J connectivity index is 1.52. The minimum atomic E-state index is -0.468. The zero-order chi connectivity index (χ0) is 24.5. The zero-order valence-corrected chi connectivity index (χ0v) is 20.5. The van der Waals surface area contributed by atoms with E-state index in [4.69, 9.17) is 13.9 Å². The van der Waals surface area contributed by atoms with Gasteiger partial charge in [0.15, 0.2) is 0 Å². The van der Waals surface area contributed by atoms with E-state index in [0.717, 1.165) is 16.2 Å². The monoisotopic (exact) mass is 529 g/mol. The van der Waals surface area contributed by atoms with Crippen molar-refractivity contribution < 1.29 is 18.7 Å². The summed E-state index contributed by atoms with van der Waals surface area (Å²) >= 11 is 3.57. The van der Waals surface area contributed by atoms with Crippen LogP contribution >= 0.6 is 15.9 Å². The molecule has 0 aliphatic rings. The molecular formula is C28H20BrNO5. The lowest BCUT2D eigenvalue weighted by atomic mass is 10.0. The van der Waals surface area contributed by atoms with E-state index in [9.17, 15) is 9.59 Å². The van der Waals surface area contributed by atoms with Gasteiger partial charge in [-0.15, -0.1) is 0 Å². The molecular weight excluding hydrogens is 510 g/mol. The van der Waals surface area contributed by atoms with Crippen LogP contribution in [0.15, 0.2) is 92.5 Å². The second kappa shape index (κ2) is 9.27. The van der Waals surface area contributed by atoms with Gasteiger partial charge in [-0.05, 0) is 57.0 Å². The lowest BCUT2D eigenvalue weighted by Crippen LogP contribution is -2.14. The maximum Gasteiger partial charge on any atom is 0.344 e. The Morgan fingerprint density at radius 2 is 1.60 bits per heavy atom. The molecule has 0 aliphatic heterocycles. The summed E-state index contributed by atoms with van der Waals surface area (Å²) in [4.78, 5) is 25.9. The molecule has 5 rings (SSSR count). The van der Waals surface area contributed by atoms with E-state index in [2.05, 4.69) is 21.2 Å². The van der Waals surface area contributed by atoms with Crippen molar-refractivity contribution in [1.82, 2.24) is 0 Å². The van der Waals surface area contributed by atoms with E-state index in [-0.39, 0.29) is 5.91 Å². The quantitative estimate of drug-likeness (QED) is 0.258. The van der Waals surface area contributed by atoms with E-state index >= 15 is 0 Å². The molecule has 0 unspecified atom stereocenters. The van der Waals surface area contributed by atoms with Crippen molar-refractivity contribution in [2.75, 3.05) is 19.5 Å². The van der Waals surface area contributed by atoms with E-state index in [1.165, 1.54) is 14.2 Å². The van der Waals surface area contributed by atoms with E-state index in [0.29, 0.717) is 43.9 Å². The molecule has 0 bridgehead atoms. The molecule has 5 aromatic rings. The molecule has 0 saturated carbocycles. The molecule has 0 spiro atoms. The van der Waals surface area contributed by atoms with Gasteiger partial charge in [0.05, 0.1) is 29.8 Å². The molecule has 7 heteroatoms. The van der Waals surface area contributed by atoms with Crippen LogP contribution in [0.3, 0.4) is 0 Å². The average Bonchev–Trinajstić information content (AvgIpc) is 2.88. The first-order chi connectivity index (χ1) is 17.0. The Hall–Kier alpha value is -4.10. The highest BCUT2D eigenvalue weighted by Gasteiger charge is 2.19. The third kappa shape index (κ3) is 4.15. The molecule has 174 valence electrons. The Bertz CT molecular complexity index is 1660. The van der Waals surface area contributed by atoms with Gasteiger partial charge in [-0.1, -0.05) is 42.5 Å². The van der Waals surface area contributed by atoms with Crippen LogP contribution in [-0.4, -0.2) is 20.1 Å². The van der Waals surface area contributed by atoms with Crippen LogP contribution in [0.4, 0.5) is 5.69 Å². The molecule has 4 aromatic carbocycles.